The van der Waals surface area contributed by atoms with Gasteiger partial charge in [-0.25, -0.2) is 9.79 Å². The molecule has 0 amide bonds. The molecule has 0 spiro atoms. The second kappa shape index (κ2) is 6.06. The number of nitrogens with zero attached hydrogens (tertiary/aromatic N) is 1. The van der Waals surface area contributed by atoms with Crippen molar-refractivity contribution in [2.24, 2.45) is 4.99 Å². The van der Waals surface area contributed by atoms with E-state index in [2.05, 4.69) is 20.9 Å². The minimum absolute atomic E-state index is 0.332. The number of rotatable bonds is 3. The summed E-state index contributed by atoms with van der Waals surface area (Å²) in [5.41, 5.74) is 2.30. The van der Waals surface area contributed by atoms with Crippen LogP contribution < -0.4 is 0 Å². The molecule has 2 aromatic carbocycles. The van der Waals surface area contributed by atoms with Crippen LogP contribution in [0.15, 0.2) is 69.8 Å². The fraction of sp³-hybridized carbons (Fsp3) is 0.0588. The third-order valence-electron chi connectivity index (χ3n) is 3.02. The highest BCUT2D eigenvalue weighted by Crippen LogP contribution is 2.19. The molecule has 1 heterocycles. The molecule has 0 unspecified atom stereocenters. The fourth-order valence-electron chi connectivity index (χ4n) is 2.05. The highest BCUT2D eigenvalue weighted by molar-refractivity contribution is 9.10. The number of ether oxygens (including phenoxy) is 1. The zero-order valence-electron chi connectivity index (χ0n) is 11.1. The standard InChI is InChI=1S/C17H12BrNO2/c18-14-8-4-7-13(9-14)10-15-17(20)21-16(19-15)11-12-5-2-1-3-6-12/h1-10H,11H2/b15-10+. The Morgan fingerprint density at radius 3 is 2.67 bits per heavy atom. The van der Waals surface area contributed by atoms with E-state index in [1.165, 1.54) is 0 Å². The van der Waals surface area contributed by atoms with E-state index in [1.54, 1.807) is 6.08 Å². The minimum Gasteiger partial charge on any atom is -0.406 e. The summed E-state index contributed by atoms with van der Waals surface area (Å²) in [6, 6.07) is 17.5. The number of hydrogen-bond donors (Lipinski definition) is 0. The first-order valence-corrected chi connectivity index (χ1v) is 7.31. The molecule has 0 aromatic heterocycles. The van der Waals surface area contributed by atoms with Gasteiger partial charge in [-0.3, -0.25) is 0 Å². The summed E-state index contributed by atoms with van der Waals surface area (Å²) < 4.78 is 6.17. The van der Waals surface area contributed by atoms with Gasteiger partial charge in [0.1, 0.15) is 0 Å². The van der Waals surface area contributed by atoms with E-state index in [9.17, 15) is 4.79 Å². The number of esters is 1. The molecule has 4 heteroatoms. The Bertz CT molecular complexity index is 735. The van der Waals surface area contributed by atoms with Crippen LogP contribution in [0.2, 0.25) is 0 Å². The second-order valence-electron chi connectivity index (χ2n) is 4.64. The summed E-state index contributed by atoms with van der Waals surface area (Å²) >= 11 is 3.40. The molecule has 0 aliphatic carbocycles. The normalized spacial score (nSPS) is 16.0. The van der Waals surface area contributed by atoms with Crippen LogP contribution in [-0.4, -0.2) is 11.9 Å². The molecule has 0 fully saturated rings. The van der Waals surface area contributed by atoms with E-state index >= 15 is 0 Å². The van der Waals surface area contributed by atoms with Gasteiger partial charge in [0, 0.05) is 10.9 Å². The number of carbonyl (C=O) groups is 1. The van der Waals surface area contributed by atoms with Crippen molar-refractivity contribution < 1.29 is 9.53 Å². The third kappa shape index (κ3) is 3.47. The number of benzene rings is 2. The number of carbonyl (C=O) groups excluding carboxylic acids is 1. The van der Waals surface area contributed by atoms with Gasteiger partial charge >= 0.3 is 5.97 Å². The minimum atomic E-state index is -0.402. The van der Waals surface area contributed by atoms with Crippen molar-refractivity contribution in [2.45, 2.75) is 6.42 Å². The number of hydrogen-bond acceptors (Lipinski definition) is 3. The summed E-state index contributed by atoms with van der Waals surface area (Å²) in [7, 11) is 0. The van der Waals surface area contributed by atoms with Gasteiger partial charge in [0.05, 0.1) is 0 Å². The third-order valence-corrected chi connectivity index (χ3v) is 3.51. The van der Waals surface area contributed by atoms with Gasteiger partial charge in [-0.1, -0.05) is 58.4 Å². The van der Waals surface area contributed by atoms with Crippen LogP contribution in [0.5, 0.6) is 0 Å². The average molecular weight is 342 g/mol. The first-order chi connectivity index (χ1) is 10.2. The van der Waals surface area contributed by atoms with Crippen molar-refractivity contribution >= 4 is 33.9 Å². The first-order valence-electron chi connectivity index (χ1n) is 6.52. The highest BCUT2D eigenvalue weighted by atomic mass is 79.9. The van der Waals surface area contributed by atoms with Gasteiger partial charge in [0.25, 0.3) is 0 Å². The van der Waals surface area contributed by atoms with Crippen LogP contribution in [0.25, 0.3) is 6.08 Å². The van der Waals surface area contributed by atoms with Crippen LogP contribution >= 0.6 is 15.9 Å². The van der Waals surface area contributed by atoms with Crippen LogP contribution in [0.1, 0.15) is 11.1 Å². The first kappa shape index (κ1) is 13.8. The Hall–Kier alpha value is -2.20. The Morgan fingerprint density at radius 2 is 1.90 bits per heavy atom. The van der Waals surface area contributed by atoms with Crippen molar-refractivity contribution in [1.29, 1.82) is 0 Å². The van der Waals surface area contributed by atoms with Crippen LogP contribution in [0.4, 0.5) is 0 Å². The van der Waals surface area contributed by atoms with Gasteiger partial charge < -0.3 is 4.74 Å². The van der Waals surface area contributed by atoms with E-state index in [0.29, 0.717) is 18.0 Å². The maximum absolute atomic E-state index is 11.8. The number of halogens is 1. The molecule has 0 N–H and O–H groups in total. The molecule has 3 rings (SSSR count). The molecule has 1 aliphatic rings. The highest BCUT2D eigenvalue weighted by Gasteiger charge is 2.22. The molecule has 0 saturated heterocycles. The molecule has 0 saturated carbocycles. The Morgan fingerprint density at radius 1 is 1.10 bits per heavy atom. The van der Waals surface area contributed by atoms with Crippen LogP contribution in [-0.2, 0) is 16.0 Å². The molecule has 104 valence electrons. The number of cyclic esters (lactones) is 1. The molecular formula is C17H12BrNO2. The second-order valence-corrected chi connectivity index (χ2v) is 5.56. The molecule has 1 aliphatic heterocycles. The summed E-state index contributed by atoms with van der Waals surface area (Å²) in [5, 5.41) is 0. The van der Waals surface area contributed by atoms with Crippen molar-refractivity contribution in [2.75, 3.05) is 0 Å². The lowest BCUT2D eigenvalue weighted by atomic mass is 10.1. The Kier molecular flexibility index (Phi) is 3.97. The Labute approximate surface area is 131 Å². The summed E-state index contributed by atoms with van der Waals surface area (Å²) in [6.45, 7) is 0. The largest absolute Gasteiger partial charge is 0.406 e. The van der Waals surface area contributed by atoms with Crippen molar-refractivity contribution in [3.63, 3.8) is 0 Å². The predicted molar refractivity (Wildman–Crippen MR) is 85.8 cm³/mol. The maximum atomic E-state index is 11.8. The average Bonchev–Trinajstić information content (AvgIpc) is 2.80. The summed E-state index contributed by atoms with van der Waals surface area (Å²) in [4.78, 5) is 16.1. The molecular weight excluding hydrogens is 330 g/mol. The smallest absolute Gasteiger partial charge is 0.363 e. The quantitative estimate of drug-likeness (QED) is 0.625. The van der Waals surface area contributed by atoms with E-state index in [4.69, 9.17) is 4.74 Å². The predicted octanol–water partition coefficient (Wildman–Crippen LogP) is 3.99. The van der Waals surface area contributed by atoms with Gasteiger partial charge in [-0.2, -0.15) is 0 Å². The van der Waals surface area contributed by atoms with Crippen LogP contribution in [0.3, 0.4) is 0 Å². The van der Waals surface area contributed by atoms with E-state index in [0.717, 1.165) is 15.6 Å². The van der Waals surface area contributed by atoms with E-state index < -0.39 is 5.97 Å². The Balaban J connectivity index is 1.82. The van der Waals surface area contributed by atoms with Crippen LogP contribution in [0, 0.1) is 0 Å². The zero-order valence-corrected chi connectivity index (χ0v) is 12.7. The maximum Gasteiger partial charge on any atom is 0.363 e. The molecule has 0 radical (unpaired) electrons. The molecule has 2 aromatic rings. The van der Waals surface area contributed by atoms with Gasteiger partial charge in [-0.05, 0) is 29.3 Å². The summed E-state index contributed by atoms with van der Waals surface area (Å²) in [5.74, 6) is 0.0355. The zero-order chi connectivity index (χ0) is 14.7. The molecule has 0 bridgehead atoms. The lowest BCUT2D eigenvalue weighted by Crippen LogP contribution is -2.06. The number of aliphatic imine (C=N–C) groups is 1. The lowest BCUT2D eigenvalue weighted by Gasteiger charge is -1.98. The molecule has 0 atom stereocenters. The van der Waals surface area contributed by atoms with Gasteiger partial charge in [0.15, 0.2) is 5.70 Å². The topological polar surface area (TPSA) is 38.7 Å². The van der Waals surface area contributed by atoms with Crippen molar-refractivity contribution in [1.82, 2.24) is 0 Å². The molecule has 21 heavy (non-hydrogen) atoms. The molecule has 3 nitrogen and oxygen atoms in total. The van der Waals surface area contributed by atoms with Crippen molar-refractivity contribution in [3.05, 3.63) is 75.9 Å². The van der Waals surface area contributed by atoms with E-state index in [-0.39, 0.29) is 0 Å². The summed E-state index contributed by atoms with van der Waals surface area (Å²) in [6.07, 6.45) is 2.24. The monoisotopic (exact) mass is 341 g/mol. The SMILES string of the molecule is O=C1OC(Cc2ccccc2)=N/C1=C/c1cccc(Br)c1. The van der Waals surface area contributed by atoms with Gasteiger partial charge in [0.2, 0.25) is 5.90 Å². The van der Waals surface area contributed by atoms with E-state index in [1.807, 2.05) is 54.6 Å². The lowest BCUT2D eigenvalue weighted by molar-refractivity contribution is -0.130. The van der Waals surface area contributed by atoms with Gasteiger partial charge in [-0.15, -0.1) is 0 Å². The fourth-order valence-corrected chi connectivity index (χ4v) is 2.47. The van der Waals surface area contributed by atoms with Crippen molar-refractivity contribution in [3.8, 4) is 0 Å².